The highest BCUT2D eigenvalue weighted by atomic mass is 32.1. The molecule has 0 aliphatic rings. The van der Waals surface area contributed by atoms with Crippen LogP contribution in [0.3, 0.4) is 0 Å². The van der Waals surface area contributed by atoms with E-state index in [1.54, 1.807) is 35.3 Å². The summed E-state index contributed by atoms with van der Waals surface area (Å²) in [4.78, 5) is 9.55. The van der Waals surface area contributed by atoms with Gasteiger partial charge in [-0.2, -0.15) is 0 Å². The van der Waals surface area contributed by atoms with E-state index < -0.39 is 0 Å². The van der Waals surface area contributed by atoms with E-state index in [-0.39, 0.29) is 6.04 Å². The van der Waals surface area contributed by atoms with Crippen molar-refractivity contribution in [1.29, 1.82) is 0 Å². The minimum absolute atomic E-state index is 0.145. The van der Waals surface area contributed by atoms with Crippen LogP contribution in [0.4, 0.5) is 0 Å². The van der Waals surface area contributed by atoms with Crippen LogP contribution in [0.5, 0.6) is 0 Å². The second kappa shape index (κ2) is 4.80. The number of hydrogen-bond acceptors (Lipinski definition) is 6. The molecule has 1 unspecified atom stereocenters. The molecule has 0 spiro atoms. The van der Waals surface area contributed by atoms with Crippen molar-refractivity contribution in [3.8, 4) is 9.88 Å². The highest BCUT2D eigenvalue weighted by Gasteiger charge is 2.11. The van der Waals surface area contributed by atoms with Gasteiger partial charge in [-0.25, -0.2) is 4.98 Å². The van der Waals surface area contributed by atoms with E-state index >= 15 is 0 Å². The lowest BCUT2D eigenvalue weighted by Gasteiger charge is -2.05. The molecule has 0 aliphatic heterocycles. The first kappa shape index (κ1) is 10.7. The molecule has 0 saturated carbocycles. The minimum Gasteiger partial charge on any atom is -0.383 e. The molecule has 2 aromatic rings. The largest absolute Gasteiger partial charge is 0.383 e. The summed E-state index contributed by atoms with van der Waals surface area (Å²) >= 11 is 3.16. The van der Waals surface area contributed by atoms with E-state index in [0.717, 1.165) is 15.6 Å². The van der Waals surface area contributed by atoms with Crippen molar-refractivity contribution in [3.63, 3.8) is 0 Å². The number of ether oxygens (including phenoxy) is 1. The third-order valence-electron chi connectivity index (χ3n) is 1.89. The molecule has 0 fully saturated rings. The second-order valence-electron chi connectivity index (χ2n) is 3.01. The third-order valence-corrected chi connectivity index (χ3v) is 3.69. The van der Waals surface area contributed by atoms with Gasteiger partial charge in [-0.15, -0.1) is 22.7 Å². The molecule has 0 amide bonds. The molecule has 2 N–H and O–H groups in total. The standard InChI is InChI=1S/C9H11N3OS2/c1-13-3-6(10)7-4-14-9(12-7)8-2-11-5-15-8/h2,4-6H,3,10H2,1H3. The minimum atomic E-state index is -0.145. The SMILES string of the molecule is COCC(N)c1csc(-c2cncs2)n1. The van der Waals surface area contributed by atoms with Gasteiger partial charge in [0.2, 0.25) is 0 Å². The molecule has 15 heavy (non-hydrogen) atoms. The molecule has 0 aromatic carbocycles. The Morgan fingerprint density at radius 3 is 3.07 bits per heavy atom. The van der Waals surface area contributed by atoms with Crippen LogP contribution in [0.15, 0.2) is 17.1 Å². The quantitative estimate of drug-likeness (QED) is 0.888. The van der Waals surface area contributed by atoms with Crippen LogP contribution in [0.25, 0.3) is 9.88 Å². The number of rotatable bonds is 4. The van der Waals surface area contributed by atoms with Crippen molar-refractivity contribution in [3.05, 3.63) is 22.8 Å². The number of thiazole rings is 2. The zero-order chi connectivity index (χ0) is 10.7. The summed E-state index contributed by atoms with van der Waals surface area (Å²) < 4.78 is 4.99. The van der Waals surface area contributed by atoms with Gasteiger partial charge in [0.25, 0.3) is 0 Å². The Kier molecular flexibility index (Phi) is 3.42. The molecular weight excluding hydrogens is 230 g/mol. The van der Waals surface area contributed by atoms with E-state index in [0.29, 0.717) is 6.61 Å². The number of nitrogens with two attached hydrogens (primary N) is 1. The Morgan fingerprint density at radius 1 is 1.53 bits per heavy atom. The Bertz CT molecular complexity index is 413. The fourth-order valence-corrected chi connectivity index (χ4v) is 2.73. The maximum Gasteiger partial charge on any atom is 0.135 e. The summed E-state index contributed by atoms with van der Waals surface area (Å²) in [5, 5.41) is 2.94. The summed E-state index contributed by atoms with van der Waals surface area (Å²) in [7, 11) is 1.64. The Balaban J connectivity index is 2.17. The monoisotopic (exact) mass is 241 g/mol. The first-order valence-corrected chi connectivity index (χ1v) is 6.16. The zero-order valence-electron chi connectivity index (χ0n) is 8.21. The van der Waals surface area contributed by atoms with Gasteiger partial charge in [0.1, 0.15) is 5.01 Å². The highest BCUT2D eigenvalue weighted by Crippen LogP contribution is 2.28. The van der Waals surface area contributed by atoms with Crippen LogP contribution < -0.4 is 5.73 Å². The lowest BCUT2D eigenvalue weighted by molar-refractivity contribution is 0.180. The molecule has 0 radical (unpaired) electrons. The van der Waals surface area contributed by atoms with E-state index in [1.165, 1.54) is 0 Å². The summed E-state index contributed by atoms with van der Waals surface area (Å²) in [5.74, 6) is 0. The zero-order valence-corrected chi connectivity index (χ0v) is 9.85. The summed E-state index contributed by atoms with van der Waals surface area (Å²) in [6.07, 6.45) is 1.81. The van der Waals surface area contributed by atoms with Gasteiger partial charge in [0.05, 0.1) is 28.7 Å². The molecular formula is C9H11N3OS2. The van der Waals surface area contributed by atoms with Gasteiger partial charge in [0, 0.05) is 18.7 Å². The highest BCUT2D eigenvalue weighted by molar-refractivity contribution is 7.19. The molecule has 2 rings (SSSR count). The average Bonchev–Trinajstić information content (AvgIpc) is 2.89. The Morgan fingerprint density at radius 2 is 2.40 bits per heavy atom. The normalized spacial score (nSPS) is 12.9. The van der Waals surface area contributed by atoms with Gasteiger partial charge >= 0.3 is 0 Å². The maximum atomic E-state index is 5.88. The number of nitrogens with zero attached hydrogens (tertiary/aromatic N) is 2. The summed E-state index contributed by atoms with van der Waals surface area (Å²) in [6.45, 7) is 0.492. The van der Waals surface area contributed by atoms with Crippen molar-refractivity contribution < 1.29 is 4.74 Å². The molecule has 2 aromatic heterocycles. The number of hydrogen-bond donors (Lipinski definition) is 1. The van der Waals surface area contributed by atoms with Crippen molar-refractivity contribution in [2.75, 3.05) is 13.7 Å². The van der Waals surface area contributed by atoms with E-state index in [1.807, 2.05) is 11.6 Å². The average molecular weight is 241 g/mol. The predicted molar refractivity (Wildman–Crippen MR) is 62.0 cm³/mol. The molecule has 1 atom stereocenters. The molecule has 2 heterocycles. The lowest BCUT2D eigenvalue weighted by atomic mass is 10.3. The fourth-order valence-electron chi connectivity index (χ4n) is 1.16. The van der Waals surface area contributed by atoms with Gasteiger partial charge < -0.3 is 10.5 Å². The van der Waals surface area contributed by atoms with Crippen LogP contribution >= 0.6 is 22.7 Å². The molecule has 0 bridgehead atoms. The van der Waals surface area contributed by atoms with Gasteiger partial charge in [-0.3, -0.25) is 4.98 Å². The summed E-state index contributed by atoms with van der Waals surface area (Å²) in [5.41, 5.74) is 8.56. The van der Waals surface area contributed by atoms with E-state index in [4.69, 9.17) is 10.5 Å². The topological polar surface area (TPSA) is 61.0 Å². The van der Waals surface area contributed by atoms with Gasteiger partial charge in [0.15, 0.2) is 0 Å². The van der Waals surface area contributed by atoms with E-state index in [2.05, 4.69) is 9.97 Å². The molecule has 0 aliphatic carbocycles. The molecule has 4 nitrogen and oxygen atoms in total. The van der Waals surface area contributed by atoms with Crippen LogP contribution in [0.2, 0.25) is 0 Å². The Labute approximate surface area is 95.8 Å². The first-order chi connectivity index (χ1) is 7.31. The van der Waals surface area contributed by atoms with Crippen molar-refractivity contribution in [1.82, 2.24) is 9.97 Å². The number of methoxy groups -OCH3 is 1. The fraction of sp³-hybridized carbons (Fsp3) is 0.333. The Hall–Kier alpha value is -0.820. The van der Waals surface area contributed by atoms with Crippen LogP contribution in [-0.2, 0) is 4.74 Å². The molecule has 6 heteroatoms. The van der Waals surface area contributed by atoms with Crippen molar-refractivity contribution in [2.45, 2.75) is 6.04 Å². The van der Waals surface area contributed by atoms with Gasteiger partial charge in [-0.05, 0) is 0 Å². The van der Waals surface area contributed by atoms with E-state index in [9.17, 15) is 0 Å². The van der Waals surface area contributed by atoms with Crippen molar-refractivity contribution >= 4 is 22.7 Å². The second-order valence-corrected chi connectivity index (χ2v) is 4.75. The maximum absolute atomic E-state index is 5.88. The number of aromatic nitrogens is 2. The summed E-state index contributed by atoms with van der Waals surface area (Å²) in [6, 6.07) is -0.145. The van der Waals surface area contributed by atoms with Gasteiger partial charge in [-0.1, -0.05) is 0 Å². The molecule has 0 saturated heterocycles. The molecule has 80 valence electrons. The van der Waals surface area contributed by atoms with Crippen molar-refractivity contribution in [2.24, 2.45) is 5.73 Å². The predicted octanol–water partition coefficient (Wildman–Crippen LogP) is 1.91. The van der Waals surface area contributed by atoms with Crippen LogP contribution in [0, 0.1) is 0 Å². The smallest absolute Gasteiger partial charge is 0.135 e. The lowest BCUT2D eigenvalue weighted by Crippen LogP contribution is -2.16. The van der Waals surface area contributed by atoms with Crippen LogP contribution in [0.1, 0.15) is 11.7 Å². The van der Waals surface area contributed by atoms with Crippen LogP contribution in [-0.4, -0.2) is 23.7 Å². The third kappa shape index (κ3) is 2.40. The first-order valence-electron chi connectivity index (χ1n) is 4.40.